The fourth-order valence-electron chi connectivity index (χ4n) is 5.77. The van der Waals surface area contributed by atoms with Crippen LogP contribution in [0.4, 0.5) is 0 Å². The highest BCUT2D eigenvalue weighted by molar-refractivity contribution is 7.99. The number of fused-ring (bicyclic) bond motifs is 2. The summed E-state index contributed by atoms with van der Waals surface area (Å²) in [6, 6.07) is 18.6. The highest BCUT2D eigenvalue weighted by Gasteiger charge is 2.46. The first-order valence-electron chi connectivity index (χ1n) is 13.7. The molecule has 6 rings (SSSR count). The van der Waals surface area contributed by atoms with E-state index in [1.165, 1.54) is 0 Å². The second-order valence-corrected chi connectivity index (χ2v) is 12.8. The molecule has 4 amide bonds. The zero-order chi connectivity index (χ0) is 28.2. The molecule has 8 nitrogen and oxygen atoms in total. The van der Waals surface area contributed by atoms with Gasteiger partial charge in [0.2, 0.25) is 23.6 Å². The summed E-state index contributed by atoms with van der Waals surface area (Å²) in [7, 11) is 3.51. The van der Waals surface area contributed by atoms with E-state index in [-0.39, 0.29) is 47.8 Å². The Morgan fingerprint density at radius 1 is 0.600 bits per heavy atom. The standard InChI is InChI=1S/2C15H18N2O2S/c2*1-16-13(9-11-5-3-2-4-6-11)15(19)17-10-20-8-7-12(17)14(16)18/h2*2-6,12-13H,7-10H2,1H3/t2*12-,13-/m00/s1. The van der Waals surface area contributed by atoms with Crippen LogP contribution in [0.2, 0.25) is 0 Å². The van der Waals surface area contributed by atoms with Crippen molar-refractivity contribution in [2.45, 2.75) is 49.9 Å². The molecule has 2 aromatic rings. The minimum absolute atomic E-state index is 0.0887. The van der Waals surface area contributed by atoms with Crippen molar-refractivity contribution < 1.29 is 19.2 Å². The Bertz CT molecular complexity index is 1140. The summed E-state index contributed by atoms with van der Waals surface area (Å²) in [5.41, 5.74) is 2.18. The van der Waals surface area contributed by atoms with Crippen molar-refractivity contribution >= 4 is 47.2 Å². The molecule has 4 atom stereocenters. The van der Waals surface area contributed by atoms with Crippen molar-refractivity contribution in [3.63, 3.8) is 0 Å². The number of piperazine rings is 2. The van der Waals surface area contributed by atoms with Gasteiger partial charge in [-0.25, -0.2) is 0 Å². The number of thioether (sulfide) groups is 2. The van der Waals surface area contributed by atoms with Gasteiger partial charge in [-0.3, -0.25) is 19.2 Å². The van der Waals surface area contributed by atoms with Crippen LogP contribution in [0.15, 0.2) is 60.7 Å². The summed E-state index contributed by atoms with van der Waals surface area (Å²) in [5.74, 6) is 3.57. The number of carbonyl (C=O) groups is 4. The normalized spacial score (nSPS) is 26.6. The quantitative estimate of drug-likeness (QED) is 0.554. The summed E-state index contributed by atoms with van der Waals surface area (Å²) in [6.45, 7) is 0. The van der Waals surface area contributed by atoms with E-state index in [1.807, 2.05) is 60.7 Å². The Kier molecular flexibility index (Phi) is 9.05. The fraction of sp³-hybridized carbons (Fsp3) is 0.467. The third-order valence-electron chi connectivity index (χ3n) is 8.16. The molecule has 212 valence electrons. The lowest BCUT2D eigenvalue weighted by Crippen LogP contribution is -2.65. The van der Waals surface area contributed by atoms with Crippen molar-refractivity contribution in [3.05, 3.63) is 71.8 Å². The number of carbonyl (C=O) groups excluding carboxylic acids is 4. The van der Waals surface area contributed by atoms with Crippen LogP contribution in [-0.2, 0) is 32.0 Å². The van der Waals surface area contributed by atoms with Crippen LogP contribution in [0.1, 0.15) is 24.0 Å². The van der Waals surface area contributed by atoms with Gasteiger partial charge in [0.15, 0.2) is 0 Å². The van der Waals surface area contributed by atoms with E-state index in [9.17, 15) is 19.2 Å². The molecule has 4 aliphatic heterocycles. The SMILES string of the molecule is CN1C(=O)[C@@H]2CCSCN2C(=O)[C@@H]1Cc1ccccc1.CN1C(=O)[C@@H]2CCSCN2C(=O)[C@@H]1Cc1ccccc1. The molecule has 10 heteroatoms. The molecule has 2 aromatic carbocycles. The maximum atomic E-state index is 12.6. The van der Waals surface area contributed by atoms with E-state index in [0.29, 0.717) is 24.6 Å². The number of hydrogen-bond acceptors (Lipinski definition) is 6. The van der Waals surface area contributed by atoms with Crippen LogP contribution in [0.5, 0.6) is 0 Å². The Hall–Kier alpha value is -2.98. The number of likely N-dealkylation sites (N-methyl/N-ethyl adjacent to an activating group) is 2. The van der Waals surface area contributed by atoms with Crippen molar-refractivity contribution in [3.8, 4) is 0 Å². The molecule has 0 bridgehead atoms. The Morgan fingerprint density at radius 2 is 0.975 bits per heavy atom. The molecule has 4 fully saturated rings. The van der Waals surface area contributed by atoms with Gasteiger partial charge in [0.05, 0.1) is 11.8 Å². The average molecular weight is 581 g/mol. The molecule has 0 radical (unpaired) electrons. The summed E-state index contributed by atoms with van der Waals surface area (Å²) < 4.78 is 0. The van der Waals surface area contributed by atoms with E-state index in [1.54, 1.807) is 57.2 Å². The highest BCUT2D eigenvalue weighted by atomic mass is 32.2. The maximum Gasteiger partial charge on any atom is 0.247 e. The van der Waals surface area contributed by atoms with Crippen molar-refractivity contribution in [2.75, 3.05) is 37.4 Å². The predicted octanol–water partition coefficient (Wildman–Crippen LogP) is 2.72. The first kappa shape index (κ1) is 28.5. The summed E-state index contributed by atoms with van der Waals surface area (Å²) >= 11 is 3.46. The molecule has 0 unspecified atom stereocenters. The third-order valence-corrected chi connectivity index (χ3v) is 10.1. The Labute approximate surface area is 244 Å². The van der Waals surface area contributed by atoms with E-state index in [4.69, 9.17) is 0 Å². The molecule has 0 saturated carbocycles. The number of benzene rings is 2. The molecule has 40 heavy (non-hydrogen) atoms. The minimum Gasteiger partial charge on any atom is -0.332 e. The number of nitrogens with zero attached hydrogens (tertiary/aromatic N) is 4. The highest BCUT2D eigenvalue weighted by Crippen LogP contribution is 2.29. The lowest BCUT2D eigenvalue weighted by Gasteiger charge is -2.45. The number of rotatable bonds is 4. The summed E-state index contributed by atoms with van der Waals surface area (Å²) in [6.07, 6.45) is 2.74. The second-order valence-electron chi connectivity index (χ2n) is 10.6. The van der Waals surface area contributed by atoms with E-state index < -0.39 is 0 Å². The molecule has 0 aromatic heterocycles. The molecule has 4 heterocycles. The van der Waals surface area contributed by atoms with Crippen LogP contribution in [-0.4, -0.2) is 105 Å². The zero-order valence-electron chi connectivity index (χ0n) is 23.0. The first-order valence-corrected chi connectivity index (χ1v) is 16.1. The smallest absolute Gasteiger partial charge is 0.247 e. The molecule has 4 saturated heterocycles. The fourth-order valence-corrected chi connectivity index (χ4v) is 7.82. The van der Waals surface area contributed by atoms with Crippen LogP contribution in [0.3, 0.4) is 0 Å². The van der Waals surface area contributed by atoms with Crippen molar-refractivity contribution in [1.82, 2.24) is 19.6 Å². The second kappa shape index (κ2) is 12.7. The molecule has 0 N–H and O–H groups in total. The van der Waals surface area contributed by atoms with Gasteiger partial charge in [0.25, 0.3) is 0 Å². The maximum absolute atomic E-state index is 12.6. The van der Waals surface area contributed by atoms with Gasteiger partial charge in [0.1, 0.15) is 24.2 Å². The van der Waals surface area contributed by atoms with E-state index >= 15 is 0 Å². The van der Waals surface area contributed by atoms with Crippen LogP contribution in [0.25, 0.3) is 0 Å². The first-order chi connectivity index (χ1) is 19.4. The minimum atomic E-state index is -0.361. The molecule has 0 aliphatic carbocycles. The molecule has 4 aliphatic rings. The van der Waals surface area contributed by atoms with Crippen LogP contribution < -0.4 is 0 Å². The largest absolute Gasteiger partial charge is 0.332 e. The lowest BCUT2D eigenvalue weighted by molar-refractivity contribution is -0.159. The van der Waals surface area contributed by atoms with E-state index in [0.717, 1.165) is 35.5 Å². The van der Waals surface area contributed by atoms with Crippen molar-refractivity contribution in [2.24, 2.45) is 0 Å². The van der Waals surface area contributed by atoms with Gasteiger partial charge in [-0.1, -0.05) is 60.7 Å². The number of amides is 4. The van der Waals surface area contributed by atoms with Gasteiger partial charge >= 0.3 is 0 Å². The van der Waals surface area contributed by atoms with Crippen LogP contribution >= 0.6 is 23.5 Å². The summed E-state index contributed by atoms with van der Waals surface area (Å²) in [4.78, 5) is 57.0. The lowest BCUT2D eigenvalue weighted by atomic mass is 9.98. The van der Waals surface area contributed by atoms with Gasteiger partial charge in [-0.2, -0.15) is 0 Å². The third kappa shape index (κ3) is 5.88. The molecular formula is C30H36N4O4S2. The molecule has 0 spiro atoms. The van der Waals surface area contributed by atoms with Gasteiger partial charge in [-0.05, 0) is 35.5 Å². The summed E-state index contributed by atoms with van der Waals surface area (Å²) in [5, 5.41) is 0. The zero-order valence-corrected chi connectivity index (χ0v) is 24.6. The van der Waals surface area contributed by atoms with Crippen molar-refractivity contribution in [1.29, 1.82) is 0 Å². The Balaban J connectivity index is 0.000000161. The number of hydrogen-bond donors (Lipinski definition) is 0. The topological polar surface area (TPSA) is 81.2 Å². The van der Waals surface area contributed by atoms with Gasteiger partial charge in [0, 0.05) is 26.9 Å². The van der Waals surface area contributed by atoms with Gasteiger partial charge < -0.3 is 19.6 Å². The van der Waals surface area contributed by atoms with Gasteiger partial charge in [-0.15, -0.1) is 23.5 Å². The van der Waals surface area contributed by atoms with E-state index in [2.05, 4.69) is 0 Å². The average Bonchev–Trinajstić information content (AvgIpc) is 3.00. The predicted molar refractivity (Wildman–Crippen MR) is 159 cm³/mol. The monoisotopic (exact) mass is 580 g/mol. The Morgan fingerprint density at radius 3 is 1.35 bits per heavy atom. The molecular weight excluding hydrogens is 544 g/mol. The van der Waals surface area contributed by atoms with Crippen LogP contribution in [0, 0.1) is 0 Å².